The number of hydrogen-bond acceptors (Lipinski definition) is 3. The molecule has 100 valence electrons. The Bertz CT molecular complexity index is 559. The van der Waals surface area contributed by atoms with Crippen LogP contribution >= 0.6 is 0 Å². The van der Waals surface area contributed by atoms with E-state index in [1.165, 1.54) is 35.6 Å². The highest BCUT2D eigenvalue weighted by atomic mass is 15.2. The van der Waals surface area contributed by atoms with Gasteiger partial charge in [-0.3, -0.25) is 0 Å². The summed E-state index contributed by atoms with van der Waals surface area (Å²) < 4.78 is 0. The molecule has 1 N–H and O–H groups in total. The average molecular weight is 255 g/mol. The van der Waals surface area contributed by atoms with Gasteiger partial charge in [-0.2, -0.15) is 0 Å². The van der Waals surface area contributed by atoms with Crippen LogP contribution in [0.2, 0.25) is 0 Å². The second kappa shape index (κ2) is 5.57. The van der Waals surface area contributed by atoms with Crippen molar-refractivity contribution in [2.24, 2.45) is 0 Å². The van der Waals surface area contributed by atoms with E-state index in [4.69, 9.17) is 4.98 Å². The zero-order chi connectivity index (χ0) is 13.1. The van der Waals surface area contributed by atoms with Crippen molar-refractivity contribution in [3.63, 3.8) is 0 Å². The van der Waals surface area contributed by atoms with E-state index >= 15 is 0 Å². The smallest absolute Gasteiger partial charge is 0.136 e. The average Bonchev–Trinajstić information content (AvgIpc) is 2.49. The van der Waals surface area contributed by atoms with Crippen LogP contribution in [0.4, 0.5) is 5.82 Å². The van der Waals surface area contributed by atoms with Gasteiger partial charge in [0, 0.05) is 31.2 Å². The summed E-state index contributed by atoms with van der Waals surface area (Å²) in [5.41, 5.74) is 1.28. The molecule has 0 radical (unpaired) electrons. The topological polar surface area (TPSA) is 28.2 Å². The van der Waals surface area contributed by atoms with Gasteiger partial charge in [0.25, 0.3) is 0 Å². The number of piperidine rings is 1. The Kier molecular flexibility index (Phi) is 3.65. The molecule has 1 aliphatic heterocycles. The molecule has 1 saturated heterocycles. The van der Waals surface area contributed by atoms with Gasteiger partial charge in [-0.1, -0.05) is 24.3 Å². The first-order chi connectivity index (χ1) is 9.40. The van der Waals surface area contributed by atoms with Gasteiger partial charge in [0.1, 0.15) is 5.82 Å². The van der Waals surface area contributed by atoms with Crippen LogP contribution in [0.1, 0.15) is 24.8 Å². The number of fused-ring (bicyclic) bond motifs is 1. The number of rotatable bonds is 3. The molecule has 1 fully saturated rings. The van der Waals surface area contributed by atoms with Crippen LogP contribution in [-0.4, -0.2) is 25.1 Å². The molecule has 2 aromatic rings. The number of nitrogens with zero attached hydrogens (tertiary/aromatic N) is 2. The molecular weight excluding hydrogens is 234 g/mol. The molecule has 19 heavy (non-hydrogen) atoms. The highest BCUT2D eigenvalue weighted by molar-refractivity contribution is 5.94. The van der Waals surface area contributed by atoms with Gasteiger partial charge in [0.15, 0.2) is 0 Å². The first-order valence-corrected chi connectivity index (χ1v) is 7.16. The maximum absolute atomic E-state index is 4.74. The first-order valence-electron chi connectivity index (χ1n) is 7.16. The zero-order valence-corrected chi connectivity index (χ0v) is 11.5. The van der Waals surface area contributed by atoms with Gasteiger partial charge in [0.05, 0.1) is 0 Å². The molecule has 0 saturated carbocycles. The molecular formula is C16H21N3. The van der Waals surface area contributed by atoms with Crippen molar-refractivity contribution in [1.29, 1.82) is 0 Å². The fraction of sp³-hybridized carbons (Fsp3) is 0.438. The number of aromatic nitrogens is 1. The van der Waals surface area contributed by atoms with Crippen LogP contribution in [0.25, 0.3) is 10.8 Å². The van der Waals surface area contributed by atoms with E-state index in [2.05, 4.69) is 34.5 Å². The van der Waals surface area contributed by atoms with E-state index in [9.17, 15) is 0 Å². The maximum Gasteiger partial charge on any atom is 0.136 e. The third kappa shape index (κ3) is 2.43. The van der Waals surface area contributed by atoms with Gasteiger partial charge in [-0.15, -0.1) is 0 Å². The molecule has 0 spiro atoms. The Labute approximate surface area is 114 Å². The minimum Gasteiger partial charge on any atom is -0.356 e. The predicted octanol–water partition coefficient (Wildman–Crippen LogP) is 2.94. The lowest BCUT2D eigenvalue weighted by molar-refractivity contribution is 0.574. The fourth-order valence-corrected chi connectivity index (χ4v) is 2.93. The van der Waals surface area contributed by atoms with Crippen LogP contribution < -0.4 is 10.2 Å². The van der Waals surface area contributed by atoms with Crippen molar-refractivity contribution < 1.29 is 0 Å². The Hall–Kier alpha value is -1.61. The van der Waals surface area contributed by atoms with E-state index in [-0.39, 0.29) is 0 Å². The molecule has 0 unspecified atom stereocenters. The van der Waals surface area contributed by atoms with Gasteiger partial charge in [0.2, 0.25) is 0 Å². The molecule has 1 aromatic carbocycles. The van der Waals surface area contributed by atoms with Crippen molar-refractivity contribution in [2.75, 3.05) is 25.0 Å². The van der Waals surface area contributed by atoms with Crippen LogP contribution in [0.5, 0.6) is 0 Å². The minimum atomic E-state index is 0.869. The Morgan fingerprint density at radius 1 is 1.11 bits per heavy atom. The summed E-state index contributed by atoms with van der Waals surface area (Å²) in [4.78, 5) is 7.17. The quantitative estimate of drug-likeness (QED) is 0.914. The second-order valence-electron chi connectivity index (χ2n) is 5.23. The molecule has 0 bridgehead atoms. The maximum atomic E-state index is 4.74. The largest absolute Gasteiger partial charge is 0.356 e. The molecule has 2 heterocycles. The molecule has 3 heteroatoms. The summed E-state index contributed by atoms with van der Waals surface area (Å²) in [7, 11) is 1.98. The van der Waals surface area contributed by atoms with Gasteiger partial charge < -0.3 is 10.2 Å². The van der Waals surface area contributed by atoms with Gasteiger partial charge >= 0.3 is 0 Å². The Morgan fingerprint density at radius 3 is 2.58 bits per heavy atom. The monoisotopic (exact) mass is 255 g/mol. The van der Waals surface area contributed by atoms with Crippen molar-refractivity contribution >= 4 is 16.6 Å². The minimum absolute atomic E-state index is 0.869. The third-order valence-corrected chi connectivity index (χ3v) is 3.88. The van der Waals surface area contributed by atoms with Crippen molar-refractivity contribution in [3.8, 4) is 0 Å². The molecule has 1 aliphatic rings. The lowest BCUT2D eigenvalue weighted by Gasteiger charge is -2.29. The summed E-state index contributed by atoms with van der Waals surface area (Å²) in [6.07, 6.45) is 5.96. The van der Waals surface area contributed by atoms with Crippen LogP contribution in [0.3, 0.4) is 0 Å². The summed E-state index contributed by atoms with van der Waals surface area (Å²) in [5, 5.41) is 5.84. The van der Waals surface area contributed by atoms with Crippen molar-refractivity contribution in [3.05, 3.63) is 36.0 Å². The Balaban J connectivity index is 2.07. The van der Waals surface area contributed by atoms with E-state index in [0.717, 1.165) is 25.5 Å². The standard InChI is InChI=1S/C16H21N3/c1-17-11-13-12-18-16(19-9-5-2-6-10-19)15-8-4-3-7-14(13)15/h3-4,7-8,12,17H,2,5-6,9-11H2,1H3. The molecule has 0 aliphatic carbocycles. The number of nitrogens with one attached hydrogen (secondary N) is 1. The molecule has 0 amide bonds. The lowest BCUT2D eigenvalue weighted by atomic mass is 10.1. The second-order valence-corrected chi connectivity index (χ2v) is 5.23. The number of anilines is 1. The van der Waals surface area contributed by atoms with Gasteiger partial charge in [-0.25, -0.2) is 4.98 Å². The highest BCUT2D eigenvalue weighted by Crippen LogP contribution is 2.28. The lowest BCUT2D eigenvalue weighted by Crippen LogP contribution is -2.30. The summed E-state index contributed by atoms with van der Waals surface area (Å²) in [5.74, 6) is 1.16. The number of pyridine rings is 1. The third-order valence-electron chi connectivity index (χ3n) is 3.88. The van der Waals surface area contributed by atoms with Crippen LogP contribution in [-0.2, 0) is 6.54 Å². The fourth-order valence-electron chi connectivity index (χ4n) is 2.93. The van der Waals surface area contributed by atoms with Crippen molar-refractivity contribution in [2.45, 2.75) is 25.8 Å². The zero-order valence-electron chi connectivity index (χ0n) is 11.5. The predicted molar refractivity (Wildman–Crippen MR) is 80.6 cm³/mol. The van der Waals surface area contributed by atoms with E-state index < -0.39 is 0 Å². The SMILES string of the molecule is CNCc1cnc(N2CCCCC2)c2ccccc12. The van der Waals surface area contributed by atoms with E-state index in [0.29, 0.717) is 0 Å². The van der Waals surface area contributed by atoms with Crippen molar-refractivity contribution in [1.82, 2.24) is 10.3 Å². The number of benzene rings is 1. The Morgan fingerprint density at radius 2 is 1.84 bits per heavy atom. The molecule has 3 rings (SSSR count). The highest BCUT2D eigenvalue weighted by Gasteiger charge is 2.15. The van der Waals surface area contributed by atoms with E-state index in [1.54, 1.807) is 0 Å². The molecule has 0 atom stereocenters. The molecule has 1 aromatic heterocycles. The summed E-state index contributed by atoms with van der Waals surface area (Å²) >= 11 is 0. The summed E-state index contributed by atoms with van der Waals surface area (Å²) in [6.45, 7) is 3.15. The first kappa shape index (κ1) is 12.4. The normalized spacial score (nSPS) is 15.9. The van der Waals surface area contributed by atoms with Crippen LogP contribution in [0, 0.1) is 0 Å². The van der Waals surface area contributed by atoms with Gasteiger partial charge in [-0.05, 0) is 37.3 Å². The van der Waals surface area contributed by atoms with E-state index in [1.807, 2.05) is 13.2 Å². The molecule has 3 nitrogen and oxygen atoms in total. The van der Waals surface area contributed by atoms with Crippen LogP contribution in [0.15, 0.2) is 30.5 Å². The number of hydrogen-bond donors (Lipinski definition) is 1. The summed E-state index contributed by atoms with van der Waals surface area (Å²) in [6, 6.07) is 8.63.